The summed E-state index contributed by atoms with van der Waals surface area (Å²) in [6, 6.07) is 10.2. The summed E-state index contributed by atoms with van der Waals surface area (Å²) in [6.45, 7) is 7.95. The molecule has 1 aromatic carbocycles. The molecule has 0 fully saturated rings. The van der Waals surface area contributed by atoms with Gasteiger partial charge in [-0.2, -0.15) is 0 Å². The van der Waals surface area contributed by atoms with Crippen LogP contribution in [0, 0.1) is 6.92 Å². The van der Waals surface area contributed by atoms with E-state index in [0.717, 1.165) is 11.3 Å². The molecule has 0 aliphatic rings. The Morgan fingerprint density at radius 2 is 1.85 bits per heavy atom. The lowest BCUT2D eigenvalue weighted by Crippen LogP contribution is -2.19. The van der Waals surface area contributed by atoms with Crippen LogP contribution in [-0.4, -0.2) is 16.2 Å². The molecule has 3 aromatic rings. The van der Waals surface area contributed by atoms with E-state index in [2.05, 4.69) is 20.8 Å². The molecular weight excluding hydrogens is 344 g/mol. The van der Waals surface area contributed by atoms with Gasteiger partial charge in [0.15, 0.2) is 5.82 Å². The van der Waals surface area contributed by atoms with Crippen LogP contribution >= 0.6 is 0 Å². The molecule has 0 radical (unpaired) electrons. The number of hydrogen-bond donors (Lipinski definition) is 2. The quantitative estimate of drug-likeness (QED) is 0.669. The Bertz CT molecular complexity index is 927. The number of pyridine rings is 1. The topological polar surface area (TPSA) is 89.3 Å². The number of nitrogens with zero attached hydrogens (tertiary/aromatic N) is 2. The normalized spacial score (nSPS) is 11.1. The van der Waals surface area contributed by atoms with Gasteiger partial charge in [0.25, 0.3) is 0 Å². The van der Waals surface area contributed by atoms with E-state index in [9.17, 15) is 4.79 Å². The minimum atomic E-state index is -0.401. The van der Waals surface area contributed by atoms with E-state index in [1.165, 1.54) is 0 Å². The number of nitrogens with one attached hydrogen (secondary N) is 2. The molecule has 2 aromatic heterocycles. The smallest absolute Gasteiger partial charge is 0.324 e. The second-order valence-corrected chi connectivity index (χ2v) is 7.17. The van der Waals surface area contributed by atoms with Gasteiger partial charge in [-0.15, -0.1) is 0 Å². The lowest BCUT2D eigenvalue weighted by Gasteiger charge is -2.12. The predicted octanol–water partition coefficient (Wildman–Crippen LogP) is 5.11. The van der Waals surface area contributed by atoms with Gasteiger partial charge >= 0.3 is 6.03 Å². The summed E-state index contributed by atoms with van der Waals surface area (Å²) in [6.07, 6.45) is 3.42. The number of aryl methyl sites for hydroxylation is 1. The zero-order valence-corrected chi connectivity index (χ0v) is 15.7. The van der Waals surface area contributed by atoms with E-state index in [4.69, 9.17) is 9.26 Å². The number of rotatable bonds is 4. The molecule has 0 spiro atoms. The van der Waals surface area contributed by atoms with Gasteiger partial charge < -0.3 is 14.6 Å². The van der Waals surface area contributed by atoms with Gasteiger partial charge in [0.2, 0.25) is 0 Å². The zero-order chi connectivity index (χ0) is 19.4. The molecule has 27 heavy (non-hydrogen) atoms. The number of ether oxygens (including phenoxy) is 1. The Morgan fingerprint density at radius 3 is 2.48 bits per heavy atom. The molecule has 0 aliphatic carbocycles. The molecule has 2 N–H and O–H groups in total. The molecule has 7 heteroatoms. The van der Waals surface area contributed by atoms with E-state index in [-0.39, 0.29) is 5.41 Å². The molecular formula is C20H22N4O3. The molecule has 3 rings (SSSR count). The van der Waals surface area contributed by atoms with Gasteiger partial charge in [-0.05, 0) is 37.3 Å². The number of aromatic nitrogens is 2. The predicted molar refractivity (Wildman–Crippen MR) is 103 cm³/mol. The number of carbonyl (C=O) groups is 1. The van der Waals surface area contributed by atoms with E-state index >= 15 is 0 Å². The first-order valence-corrected chi connectivity index (χ1v) is 8.55. The highest BCUT2D eigenvalue weighted by Crippen LogP contribution is 2.26. The first-order valence-electron chi connectivity index (χ1n) is 8.55. The first-order chi connectivity index (χ1) is 12.8. The Balaban J connectivity index is 1.58. The van der Waals surface area contributed by atoms with Gasteiger partial charge in [-0.1, -0.05) is 25.9 Å². The Kier molecular flexibility index (Phi) is 5.12. The van der Waals surface area contributed by atoms with Gasteiger partial charge in [-0.25, -0.2) is 4.79 Å². The van der Waals surface area contributed by atoms with Crippen molar-refractivity contribution < 1.29 is 14.1 Å². The molecule has 0 bridgehead atoms. The van der Waals surface area contributed by atoms with Crippen molar-refractivity contribution in [1.82, 2.24) is 10.1 Å². The number of carbonyl (C=O) groups excluding carboxylic acids is 1. The van der Waals surface area contributed by atoms with Crippen molar-refractivity contribution in [3.05, 3.63) is 60.1 Å². The third-order valence-corrected chi connectivity index (χ3v) is 3.80. The van der Waals surface area contributed by atoms with Gasteiger partial charge in [0.1, 0.15) is 17.3 Å². The molecule has 0 unspecified atom stereocenters. The molecule has 0 saturated heterocycles. The maximum absolute atomic E-state index is 12.1. The molecule has 0 atom stereocenters. The van der Waals surface area contributed by atoms with Crippen LogP contribution in [0.1, 0.15) is 32.1 Å². The molecule has 2 heterocycles. The standard InChI is InChI=1S/C20H22N4O3/c1-13-12-21-10-9-16(13)26-15-7-5-14(6-8-15)22-19(25)23-18-11-17(27-24-18)20(2,3)4/h5-12H,1-4H3,(H2,22,23,24,25). The SMILES string of the molecule is Cc1cnccc1Oc1ccc(NC(=O)Nc2cc(C(C)(C)C)on2)cc1. The lowest BCUT2D eigenvalue weighted by molar-refractivity contribution is 0.262. The molecule has 0 aliphatic heterocycles. The zero-order valence-electron chi connectivity index (χ0n) is 15.7. The lowest BCUT2D eigenvalue weighted by atomic mass is 9.93. The second kappa shape index (κ2) is 7.49. The summed E-state index contributed by atoms with van der Waals surface area (Å²) < 4.78 is 11.1. The number of anilines is 2. The summed E-state index contributed by atoms with van der Waals surface area (Å²) in [5, 5.41) is 9.26. The van der Waals surface area contributed by atoms with Gasteiger partial charge in [0, 0.05) is 35.1 Å². The van der Waals surface area contributed by atoms with Crippen LogP contribution in [0.3, 0.4) is 0 Å². The van der Waals surface area contributed by atoms with E-state index in [1.807, 2.05) is 27.7 Å². The Morgan fingerprint density at radius 1 is 1.11 bits per heavy atom. The highest BCUT2D eigenvalue weighted by atomic mass is 16.5. The van der Waals surface area contributed by atoms with Crippen molar-refractivity contribution in [2.45, 2.75) is 33.1 Å². The van der Waals surface area contributed by atoms with E-state index in [0.29, 0.717) is 23.0 Å². The highest BCUT2D eigenvalue weighted by Gasteiger charge is 2.20. The van der Waals surface area contributed by atoms with Crippen molar-refractivity contribution in [1.29, 1.82) is 0 Å². The van der Waals surface area contributed by atoms with Crippen LogP contribution in [0.5, 0.6) is 11.5 Å². The molecule has 2 amide bonds. The Hall–Kier alpha value is -3.35. The summed E-state index contributed by atoms with van der Waals surface area (Å²) in [5.41, 5.74) is 1.40. The number of benzene rings is 1. The molecule has 0 saturated carbocycles. The first kappa shape index (κ1) is 18.4. The fraction of sp³-hybridized carbons (Fsp3) is 0.250. The molecule has 140 valence electrons. The third-order valence-electron chi connectivity index (χ3n) is 3.80. The van der Waals surface area contributed by atoms with Crippen LogP contribution < -0.4 is 15.4 Å². The fourth-order valence-corrected chi connectivity index (χ4v) is 2.27. The van der Waals surface area contributed by atoms with E-state index < -0.39 is 6.03 Å². The monoisotopic (exact) mass is 366 g/mol. The summed E-state index contributed by atoms with van der Waals surface area (Å²) >= 11 is 0. The summed E-state index contributed by atoms with van der Waals surface area (Å²) in [7, 11) is 0. The van der Waals surface area contributed by atoms with Crippen molar-refractivity contribution in [3.8, 4) is 11.5 Å². The second-order valence-electron chi connectivity index (χ2n) is 7.17. The maximum Gasteiger partial charge on any atom is 0.324 e. The summed E-state index contributed by atoms with van der Waals surface area (Å²) in [4.78, 5) is 16.2. The number of hydrogen-bond acceptors (Lipinski definition) is 5. The highest BCUT2D eigenvalue weighted by molar-refractivity contribution is 5.99. The Labute approximate surface area is 157 Å². The van der Waals surface area contributed by atoms with Crippen LogP contribution in [0.25, 0.3) is 0 Å². The fourth-order valence-electron chi connectivity index (χ4n) is 2.27. The minimum Gasteiger partial charge on any atom is -0.457 e. The third kappa shape index (κ3) is 4.84. The summed E-state index contributed by atoms with van der Waals surface area (Å²) in [5.74, 6) is 2.47. The largest absolute Gasteiger partial charge is 0.457 e. The van der Waals surface area contributed by atoms with Gasteiger partial charge in [-0.3, -0.25) is 10.3 Å². The van der Waals surface area contributed by atoms with Crippen LogP contribution in [0.15, 0.2) is 53.3 Å². The van der Waals surface area contributed by atoms with Crippen molar-refractivity contribution >= 4 is 17.5 Å². The average Bonchev–Trinajstić information content (AvgIpc) is 3.07. The number of urea groups is 1. The van der Waals surface area contributed by atoms with Crippen LogP contribution in [-0.2, 0) is 5.41 Å². The van der Waals surface area contributed by atoms with Crippen molar-refractivity contribution in [2.75, 3.05) is 10.6 Å². The van der Waals surface area contributed by atoms with Crippen LogP contribution in [0.4, 0.5) is 16.3 Å². The molecule has 7 nitrogen and oxygen atoms in total. The van der Waals surface area contributed by atoms with E-state index in [1.54, 1.807) is 48.8 Å². The minimum absolute atomic E-state index is 0.174. The average molecular weight is 366 g/mol. The van der Waals surface area contributed by atoms with Crippen molar-refractivity contribution in [2.24, 2.45) is 0 Å². The number of amides is 2. The van der Waals surface area contributed by atoms with Crippen molar-refractivity contribution in [3.63, 3.8) is 0 Å². The van der Waals surface area contributed by atoms with Crippen LogP contribution in [0.2, 0.25) is 0 Å². The maximum atomic E-state index is 12.1. The van der Waals surface area contributed by atoms with Gasteiger partial charge in [0.05, 0.1) is 0 Å².